The monoisotopic (exact) mass is 321 g/mol. The summed E-state index contributed by atoms with van der Waals surface area (Å²) in [6, 6.07) is 9.59. The lowest BCUT2D eigenvalue weighted by molar-refractivity contribution is 0.412. The van der Waals surface area contributed by atoms with E-state index in [-0.39, 0.29) is 0 Å². The normalized spacial score (nSPS) is 18.3. The van der Waals surface area contributed by atoms with Gasteiger partial charge in [0, 0.05) is 35.9 Å². The Morgan fingerprint density at radius 3 is 2.88 bits per heavy atom. The van der Waals surface area contributed by atoms with E-state index in [1.165, 1.54) is 16.8 Å². The quantitative estimate of drug-likeness (QED) is 0.776. The molecule has 2 atom stereocenters. The third-order valence-corrected chi connectivity index (χ3v) is 5.00. The summed E-state index contributed by atoms with van der Waals surface area (Å²) in [5.41, 5.74) is 5.13. The highest BCUT2D eigenvalue weighted by molar-refractivity contribution is 5.36. The number of benzene rings is 1. The van der Waals surface area contributed by atoms with Crippen LogP contribution in [0, 0.1) is 6.92 Å². The van der Waals surface area contributed by atoms with E-state index in [2.05, 4.69) is 56.3 Å². The molecule has 0 fully saturated rings. The van der Waals surface area contributed by atoms with Crippen LogP contribution in [0.5, 0.6) is 0 Å². The van der Waals surface area contributed by atoms with Crippen LogP contribution in [-0.4, -0.2) is 25.8 Å². The minimum atomic E-state index is 0.335. The maximum absolute atomic E-state index is 4.28. The number of nitrogens with one attached hydrogen (secondary N) is 2. The number of fused-ring (bicyclic) bond motifs is 1. The van der Waals surface area contributed by atoms with Gasteiger partial charge in [0.1, 0.15) is 5.82 Å². The molecule has 124 valence electrons. The largest absolute Gasteiger partial charge is 0.307 e. The number of H-pyrrole nitrogens is 1. The Morgan fingerprint density at radius 2 is 2.12 bits per heavy atom. The van der Waals surface area contributed by atoms with E-state index < -0.39 is 0 Å². The third-order valence-electron chi connectivity index (χ3n) is 5.00. The molecule has 2 aromatic heterocycles. The molecule has 0 aliphatic heterocycles. The number of nitrogens with zero attached hydrogens (tertiary/aromatic N) is 3. The van der Waals surface area contributed by atoms with E-state index in [1.807, 2.05) is 25.5 Å². The molecule has 3 aromatic rings. The number of hydrogen-bond donors (Lipinski definition) is 2. The van der Waals surface area contributed by atoms with Crippen molar-refractivity contribution in [3.8, 4) is 5.69 Å². The molecule has 0 saturated carbocycles. The zero-order valence-corrected chi connectivity index (χ0v) is 14.2. The fourth-order valence-electron chi connectivity index (χ4n) is 3.58. The van der Waals surface area contributed by atoms with Gasteiger partial charge < -0.3 is 9.88 Å². The predicted molar refractivity (Wildman–Crippen MR) is 94.3 cm³/mol. The van der Waals surface area contributed by atoms with Crippen LogP contribution in [0.15, 0.2) is 42.9 Å². The second-order valence-electron chi connectivity index (χ2n) is 6.64. The Bertz CT molecular complexity index is 814. The molecule has 2 N–H and O–H groups in total. The SMILES string of the molecule is Cc1nccn1-c1ccc([C@@H](C)N[C@H]2CCc3[nH]ncc3C2)cc1. The molecule has 0 bridgehead atoms. The van der Waals surface area contributed by atoms with Crippen molar-refractivity contribution in [1.82, 2.24) is 25.1 Å². The lowest BCUT2D eigenvalue weighted by Crippen LogP contribution is -2.36. The second-order valence-corrected chi connectivity index (χ2v) is 6.64. The molecule has 4 rings (SSSR count). The Kier molecular flexibility index (Phi) is 3.94. The standard InChI is InChI=1S/C19H23N5/c1-13(22-17-5-8-19-16(11-17)12-21-23-19)15-3-6-18(7-4-15)24-10-9-20-14(24)2/h3-4,6-7,9-10,12-13,17,22H,5,8,11H2,1-2H3,(H,21,23)/t13-,17+/m1/s1. The molecular weight excluding hydrogens is 298 g/mol. The summed E-state index contributed by atoms with van der Waals surface area (Å²) in [4.78, 5) is 4.28. The summed E-state index contributed by atoms with van der Waals surface area (Å²) in [6.45, 7) is 4.26. The molecule has 5 heteroatoms. The average Bonchev–Trinajstić information content (AvgIpc) is 3.23. The van der Waals surface area contributed by atoms with E-state index in [0.29, 0.717) is 12.1 Å². The highest BCUT2D eigenvalue weighted by Gasteiger charge is 2.21. The maximum atomic E-state index is 4.28. The van der Waals surface area contributed by atoms with Crippen LogP contribution >= 0.6 is 0 Å². The summed E-state index contributed by atoms with van der Waals surface area (Å²) in [5.74, 6) is 1.01. The van der Waals surface area contributed by atoms with Gasteiger partial charge >= 0.3 is 0 Å². The Hall–Kier alpha value is -2.40. The van der Waals surface area contributed by atoms with E-state index in [0.717, 1.165) is 30.8 Å². The van der Waals surface area contributed by atoms with Gasteiger partial charge in [-0.1, -0.05) is 12.1 Å². The smallest absolute Gasteiger partial charge is 0.110 e. The Labute approximate surface area is 142 Å². The molecule has 1 aliphatic carbocycles. The van der Waals surface area contributed by atoms with E-state index in [9.17, 15) is 0 Å². The number of hydrogen-bond acceptors (Lipinski definition) is 3. The van der Waals surface area contributed by atoms with Gasteiger partial charge in [-0.05, 0) is 56.4 Å². The summed E-state index contributed by atoms with van der Waals surface area (Å²) in [6.07, 6.45) is 9.10. The number of aromatic nitrogens is 4. The van der Waals surface area contributed by atoms with Gasteiger partial charge in [0.05, 0.1) is 6.20 Å². The van der Waals surface area contributed by atoms with Crippen molar-refractivity contribution < 1.29 is 0 Å². The summed E-state index contributed by atoms with van der Waals surface area (Å²) >= 11 is 0. The zero-order valence-electron chi connectivity index (χ0n) is 14.2. The third kappa shape index (κ3) is 2.87. The van der Waals surface area contributed by atoms with Crippen LogP contribution in [0.1, 0.15) is 42.0 Å². The van der Waals surface area contributed by atoms with Gasteiger partial charge in [-0.25, -0.2) is 4.98 Å². The van der Waals surface area contributed by atoms with Crippen LogP contribution in [-0.2, 0) is 12.8 Å². The van der Waals surface area contributed by atoms with Crippen molar-refractivity contribution in [1.29, 1.82) is 0 Å². The Morgan fingerprint density at radius 1 is 1.29 bits per heavy atom. The van der Waals surface area contributed by atoms with E-state index >= 15 is 0 Å². The van der Waals surface area contributed by atoms with Crippen LogP contribution in [0.2, 0.25) is 0 Å². The summed E-state index contributed by atoms with van der Waals surface area (Å²) in [7, 11) is 0. The van der Waals surface area contributed by atoms with Crippen molar-refractivity contribution in [2.45, 2.75) is 45.2 Å². The molecule has 1 aliphatic rings. The van der Waals surface area contributed by atoms with E-state index in [1.54, 1.807) is 0 Å². The predicted octanol–water partition coefficient (Wildman–Crippen LogP) is 3.11. The number of imidazole rings is 1. The fourth-order valence-corrected chi connectivity index (χ4v) is 3.58. The first-order valence-electron chi connectivity index (χ1n) is 8.58. The summed E-state index contributed by atoms with van der Waals surface area (Å²) < 4.78 is 2.10. The van der Waals surface area contributed by atoms with Gasteiger partial charge in [-0.3, -0.25) is 5.10 Å². The first-order chi connectivity index (χ1) is 11.7. The minimum absolute atomic E-state index is 0.335. The molecule has 0 unspecified atom stereocenters. The lowest BCUT2D eigenvalue weighted by atomic mass is 9.92. The molecule has 1 aromatic carbocycles. The zero-order chi connectivity index (χ0) is 16.5. The van der Waals surface area contributed by atoms with Crippen molar-refractivity contribution in [2.75, 3.05) is 0 Å². The minimum Gasteiger partial charge on any atom is -0.307 e. The topological polar surface area (TPSA) is 58.5 Å². The number of rotatable bonds is 4. The fraction of sp³-hybridized carbons (Fsp3) is 0.368. The van der Waals surface area contributed by atoms with Crippen LogP contribution in [0.25, 0.3) is 5.69 Å². The molecule has 24 heavy (non-hydrogen) atoms. The van der Waals surface area contributed by atoms with E-state index in [4.69, 9.17) is 0 Å². The van der Waals surface area contributed by atoms with Crippen LogP contribution in [0.3, 0.4) is 0 Å². The first kappa shape index (κ1) is 15.1. The first-order valence-corrected chi connectivity index (χ1v) is 8.58. The van der Waals surface area contributed by atoms with Gasteiger partial charge in [-0.15, -0.1) is 0 Å². The van der Waals surface area contributed by atoms with Gasteiger partial charge in [0.25, 0.3) is 0 Å². The molecule has 5 nitrogen and oxygen atoms in total. The van der Waals surface area contributed by atoms with Crippen molar-refractivity contribution in [3.63, 3.8) is 0 Å². The Balaban J connectivity index is 1.43. The molecule has 0 saturated heterocycles. The van der Waals surface area contributed by atoms with Crippen LogP contribution in [0.4, 0.5) is 0 Å². The van der Waals surface area contributed by atoms with Crippen LogP contribution < -0.4 is 5.32 Å². The summed E-state index contributed by atoms with van der Waals surface area (Å²) in [5, 5.41) is 11.0. The molecule has 0 radical (unpaired) electrons. The lowest BCUT2D eigenvalue weighted by Gasteiger charge is -2.27. The second kappa shape index (κ2) is 6.24. The van der Waals surface area contributed by atoms with Gasteiger partial charge in [0.2, 0.25) is 0 Å². The number of aromatic amines is 1. The van der Waals surface area contributed by atoms with Crippen molar-refractivity contribution >= 4 is 0 Å². The van der Waals surface area contributed by atoms with Crippen molar-refractivity contribution in [3.05, 3.63) is 65.5 Å². The average molecular weight is 321 g/mol. The molecule has 0 amide bonds. The molecule has 0 spiro atoms. The van der Waals surface area contributed by atoms with Gasteiger partial charge in [-0.2, -0.15) is 5.10 Å². The molecule has 2 heterocycles. The highest BCUT2D eigenvalue weighted by Crippen LogP contribution is 2.22. The highest BCUT2D eigenvalue weighted by atomic mass is 15.1. The van der Waals surface area contributed by atoms with Crippen molar-refractivity contribution in [2.24, 2.45) is 0 Å². The molecular formula is C19H23N5. The van der Waals surface area contributed by atoms with Gasteiger partial charge in [0.15, 0.2) is 0 Å². The number of aryl methyl sites for hydroxylation is 2. The maximum Gasteiger partial charge on any atom is 0.110 e.